The standard InChI is InChI=1S/HNO3.7H2O.Pr/c2-1(3)4;;;;;;;;/h(H,2,3,4);7*1H2;. The first kappa shape index (κ1) is 145. The molecule has 0 aliphatic carbocycles. The van der Waals surface area contributed by atoms with Gasteiger partial charge in [0.25, 0.3) is 5.09 Å². The molecule has 0 spiro atoms. The van der Waals surface area contributed by atoms with Crippen molar-refractivity contribution in [1.82, 2.24) is 0 Å². The Hall–Kier alpha value is 0.284. The molecule has 0 atom stereocenters. The van der Waals surface area contributed by atoms with Gasteiger partial charge in [-0.15, -0.1) is 10.1 Å². The molecule has 0 bridgehead atoms. The molecule has 0 aromatic rings. The predicted octanol–water partition coefficient (Wildman–Crippen LogP) is -6.12. The van der Waals surface area contributed by atoms with Crippen molar-refractivity contribution >= 4 is 0 Å². The topological polar surface area (TPSA) is 284 Å². The van der Waals surface area contributed by atoms with Crippen LogP contribution in [0.15, 0.2) is 0 Å². The zero-order chi connectivity index (χ0) is 3.58. The van der Waals surface area contributed by atoms with Crippen LogP contribution in [0.1, 0.15) is 0 Å². The average Bonchev–Trinajstić information content (AvgIpc) is 0.811. The molecule has 0 unspecified atom stereocenters. The van der Waals surface area contributed by atoms with Gasteiger partial charge in [0.05, 0.1) is 0 Å². The summed E-state index contributed by atoms with van der Waals surface area (Å²) < 4.78 is 0. The van der Waals surface area contributed by atoms with Crippen LogP contribution in [0.4, 0.5) is 0 Å². The van der Waals surface area contributed by atoms with E-state index in [-0.39, 0.29) is 79.6 Å². The van der Waals surface area contributed by atoms with Gasteiger partial charge >= 0.3 is 0 Å². The summed E-state index contributed by atoms with van der Waals surface area (Å²) in [5.74, 6) is 0. The Morgan fingerprint density at radius 3 is 0.833 bits per heavy atom. The predicted molar refractivity (Wildman–Crippen MR) is 34.1 cm³/mol. The summed E-state index contributed by atoms with van der Waals surface area (Å²) >= 11 is 0. The summed E-state index contributed by atoms with van der Waals surface area (Å²) in [6, 6.07) is 0. The second-order valence-electron chi connectivity index (χ2n) is 0.238. The van der Waals surface area contributed by atoms with Crippen molar-refractivity contribution in [3.8, 4) is 0 Å². The van der Waals surface area contributed by atoms with Crippen molar-refractivity contribution < 1.29 is 89.9 Å². The summed E-state index contributed by atoms with van der Waals surface area (Å²) in [7, 11) is 0. The van der Waals surface area contributed by atoms with Gasteiger partial charge in [-0.25, -0.2) is 0 Å². The molecule has 0 aliphatic heterocycles. The molecule has 0 aromatic heterocycles. The van der Waals surface area contributed by atoms with Crippen LogP contribution in [-0.2, 0) is 0 Å². The molecule has 0 heterocycles. The molecule has 0 rings (SSSR count). The molecule has 1 radical (unpaired) electrons. The SMILES string of the molecule is O.O.O.O.O.O.O.O=[N+]([O-])O.[Pr]. The molecule has 12 heavy (non-hydrogen) atoms. The van der Waals surface area contributed by atoms with Crippen molar-refractivity contribution in [2.24, 2.45) is 0 Å². The van der Waals surface area contributed by atoms with E-state index in [1.54, 1.807) is 0 Å². The summed E-state index contributed by atoms with van der Waals surface area (Å²) in [6.45, 7) is 0. The monoisotopic (exact) mass is 330 g/mol. The second-order valence-corrected chi connectivity index (χ2v) is 0.238. The van der Waals surface area contributed by atoms with E-state index < -0.39 is 5.09 Å². The van der Waals surface area contributed by atoms with E-state index in [4.69, 9.17) is 15.3 Å². The minimum Gasteiger partial charge on any atom is -0.412 e. The Kier molecular flexibility index (Phi) is 1340. The molecule has 0 aromatic carbocycles. The fraction of sp³-hybridized carbons (Fsp3) is 0. The molecular formula is H15NO10Pr. The van der Waals surface area contributed by atoms with Crippen molar-refractivity contribution in [3.05, 3.63) is 10.1 Å². The van der Waals surface area contributed by atoms with Crippen LogP contribution in [0.25, 0.3) is 0 Å². The van der Waals surface area contributed by atoms with E-state index in [1.807, 2.05) is 0 Å². The normalized spacial score (nSPS) is 2.00. The summed E-state index contributed by atoms with van der Waals surface area (Å²) in [5.41, 5.74) is 0. The van der Waals surface area contributed by atoms with Gasteiger partial charge in [-0.1, -0.05) is 0 Å². The van der Waals surface area contributed by atoms with Gasteiger partial charge in [-0.05, 0) is 0 Å². The first-order chi connectivity index (χ1) is 1.73. The van der Waals surface area contributed by atoms with E-state index in [1.165, 1.54) is 0 Å². The molecular weight excluding hydrogens is 315 g/mol. The maximum atomic E-state index is 8.36. The average molecular weight is 330 g/mol. The molecule has 15 N–H and O–H groups in total. The molecule has 0 saturated carbocycles. The van der Waals surface area contributed by atoms with E-state index in [0.29, 0.717) is 0 Å². The van der Waals surface area contributed by atoms with Gasteiger partial charge in [-0.3, -0.25) is 0 Å². The summed E-state index contributed by atoms with van der Waals surface area (Å²) in [5, 5.41) is 13.6. The third kappa shape index (κ3) is 11000. The molecule has 11 nitrogen and oxygen atoms in total. The van der Waals surface area contributed by atoms with Crippen molar-refractivity contribution in [2.45, 2.75) is 0 Å². The maximum Gasteiger partial charge on any atom is 0.291 e. The fourth-order valence-electron chi connectivity index (χ4n) is 0. The van der Waals surface area contributed by atoms with E-state index in [2.05, 4.69) is 0 Å². The van der Waals surface area contributed by atoms with Crippen LogP contribution >= 0.6 is 0 Å². The fourth-order valence-corrected chi connectivity index (χ4v) is 0. The Morgan fingerprint density at radius 1 is 0.833 bits per heavy atom. The van der Waals surface area contributed by atoms with Crippen molar-refractivity contribution in [2.75, 3.05) is 0 Å². The Balaban J connectivity index is -0.00000000161. The van der Waals surface area contributed by atoms with Gasteiger partial charge in [0.1, 0.15) is 0 Å². The Morgan fingerprint density at radius 2 is 0.833 bits per heavy atom. The van der Waals surface area contributed by atoms with Crippen LogP contribution < -0.4 is 0 Å². The van der Waals surface area contributed by atoms with Crippen LogP contribution in [-0.4, -0.2) is 48.6 Å². The zero-order valence-electron chi connectivity index (χ0n) is 5.79. The van der Waals surface area contributed by atoms with E-state index in [0.717, 1.165) is 0 Å². The zero-order valence-corrected chi connectivity index (χ0v) is 9.49. The van der Waals surface area contributed by atoms with Gasteiger partial charge in [-0.2, -0.15) is 0 Å². The number of nitrogens with zero attached hydrogens (tertiary/aromatic N) is 1. The van der Waals surface area contributed by atoms with Crippen molar-refractivity contribution in [1.29, 1.82) is 0 Å². The Bertz CT molecular complexity index is 32.8. The van der Waals surface area contributed by atoms with E-state index >= 15 is 0 Å². The summed E-state index contributed by atoms with van der Waals surface area (Å²) in [4.78, 5) is 8.36. The van der Waals surface area contributed by atoms with Crippen LogP contribution in [0.5, 0.6) is 0 Å². The second kappa shape index (κ2) is 111. The minimum atomic E-state index is -1.50. The smallest absolute Gasteiger partial charge is 0.291 e. The van der Waals surface area contributed by atoms with Crippen LogP contribution in [0, 0.1) is 51.4 Å². The number of rotatable bonds is 0. The van der Waals surface area contributed by atoms with Gasteiger partial charge in [0, 0.05) is 41.3 Å². The number of hydrogen-bond acceptors (Lipinski definition) is 2. The first-order valence-electron chi connectivity index (χ1n) is 0.565. The Labute approximate surface area is 99.6 Å². The van der Waals surface area contributed by atoms with Gasteiger partial charge in [0.2, 0.25) is 0 Å². The number of hydrogen-bond donors (Lipinski definition) is 1. The summed E-state index contributed by atoms with van der Waals surface area (Å²) in [6.07, 6.45) is 0. The minimum absolute atomic E-state index is 0. The largest absolute Gasteiger partial charge is 0.412 e. The third-order valence-electron chi connectivity index (χ3n) is 0. The molecule has 83 valence electrons. The molecule has 0 aliphatic rings. The maximum absolute atomic E-state index is 8.36. The molecule has 12 heteroatoms. The molecule has 0 saturated heterocycles. The van der Waals surface area contributed by atoms with Crippen LogP contribution in [0.2, 0.25) is 0 Å². The first-order valence-corrected chi connectivity index (χ1v) is 0.565. The van der Waals surface area contributed by atoms with Gasteiger partial charge < -0.3 is 43.5 Å². The van der Waals surface area contributed by atoms with Crippen molar-refractivity contribution in [3.63, 3.8) is 0 Å². The van der Waals surface area contributed by atoms with E-state index in [9.17, 15) is 0 Å². The molecule has 0 amide bonds. The third-order valence-corrected chi connectivity index (χ3v) is 0. The quantitative estimate of drug-likeness (QED) is 0.335. The molecule has 0 fully saturated rings. The van der Waals surface area contributed by atoms with Gasteiger partial charge in [0.15, 0.2) is 0 Å². The van der Waals surface area contributed by atoms with Crippen LogP contribution in [0.3, 0.4) is 0 Å².